The lowest BCUT2D eigenvalue weighted by molar-refractivity contribution is -0.150. The highest BCUT2D eigenvalue weighted by atomic mass is 19.4. The summed E-state index contributed by atoms with van der Waals surface area (Å²) in [5.74, 6) is -0.447. The summed E-state index contributed by atoms with van der Waals surface area (Å²) >= 11 is 0. The lowest BCUT2D eigenvalue weighted by atomic mass is 10.1. The van der Waals surface area contributed by atoms with Crippen molar-refractivity contribution in [2.75, 3.05) is 26.7 Å². The van der Waals surface area contributed by atoms with Gasteiger partial charge in [-0.25, -0.2) is 0 Å². The second kappa shape index (κ2) is 8.37. The smallest absolute Gasteiger partial charge is 0.401 e. The van der Waals surface area contributed by atoms with Crippen LogP contribution in [0.1, 0.15) is 27.2 Å². The first kappa shape index (κ1) is 18.2. The molecule has 0 aliphatic rings. The molecule has 4 nitrogen and oxygen atoms in total. The monoisotopic (exact) mass is 284 g/mol. The van der Waals surface area contributed by atoms with Crippen LogP contribution in [0.15, 0.2) is 0 Å². The minimum atomic E-state index is -4.23. The molecule has 1 atom stereocenters. The van der Waals surface area contributed by atoms with Crippen molar-refractivity contribution >= 4 is 5.97 Å². The Balaban J connectivity index is 4.46. The molecule has 7 heteroatoms. The van der Waals surface area contributed by atoms with Crippen molar-refractivity contribution in [2.45, 2.75) is 45.5 Å². The van der Waals surface area contributed by atoms with Crippen LogP contribution >= 0.6 is 0 Å². The molecule has 0 aromatic carbocycles. The van der Waals surface area contributed by atoms with Crippen molar-refractivity contribution in [2.24, 2.45) is 0 Å². The van der Waals surface area contributed by atoms with Crippen LogP contribution in [0.5, 0.6) is 0 Å². The van der Waals surface area contributed by atoms with Crippen molar-refractivity contribution < 1.29 is 22.7 Å². The summed E-state index contributed by atoms with van der Waals surface area (Å²) in [5, 5.41) is 2.91. The van der Waals surface area contributed by atoms with Gasteiger partial charge in [-0.1, -0.05) is 6.92 Å². The molecule has 0 bridgehead atoms. The predicted molar refractivity (Wildman–Crippen MR) is 66.9 cm³/mol. The Hall–Kier alpha value is -0.820. The lowest BCUT2D eigenvalue weighted by Gasteiger charge is -2.28. The van der Waals surface area contributed by atoms with E-state index in [1.807, 2.05) is 6.92 Å². The standard InChI is InChI=1S/C12H23F3N2O2/c1-5-16-10(11(18)19-4)6-7-17(9(2)3)8-12(13,14)15/h9-10,16H,5-8H2,1-4H3. The third kappa shape index (κ3) is 8.05. The van der Waals surface area contributed by atoms with Gasteiger partial charge in [0.15, 0.2) is 0 Å². The molecule has 1 N–H and O–H groups in total. The van der Waals surface area contributed by atoms with Gasteiger partial charge in [-0.05, 0) is 26.8 Å². The van der Waals surface area contributed by atoms with E-state index >= 15 is 0 Å². The van der Waals surface area contributed by atoms with Crippen molar-refractivity contribution in [3.8, 4) is 0 Å². The average molecular weight is 284 g/mol. The number of nitrogens with zero attached hydrogens (tertiary/aromatic N) is 1. The van der Waals surface area contributed by atoms with Gasteiger partial charge in [0, 0.05) is 12.6 Å². The molecule has 0 amide bonds. The van der Waals surface area contributed by atoms with Crippen LogP contribution in [0, 0.1) is 0 Å². The van der Waals surface area contributed by atoms with E-state index in [2.05, 4.69) is 10.1 Å². The molecule has 0 spiro atoms. The average Bonchev–Trinajstić information content (AvgIpc) is 2.30. The minimum absolute atomic E-state index is 0.184. The molecule has 0 fully saturated rings. The van der Waals surface area contributed by atoms with E-state index < -0.39 is 24.7 Å². The third-order valence-electron chi connectivity index (χ3n) is 2.75. The van der Waals surface area contributed by atoms with Crippen LogP contribution in [-0.4, -0.2) is 55.9 Å². The zero-order chi connectivity index (χ0) is 15.1. The van der Waals surface area contributed by atoms with Gasteiger partial charge in [0.05, 0.1) is 13.7 Å². The Labute approximate surface area is 112 Å². The number of carbonyl (C=O) groups is 1. The molecule has 0 aromatic rings. The van der Waals surface area contributed by atoms with Gasteiger partial charge < -0.3 is 10.1 Å². The number of halogens is 3. The molecule has 0 aliphatic heterocycles. The lowest BCUT2D eigenvalue weighted by Crippen LogP contribution is -2.44. The van der Waals surface area contributed by atoms with E-state index in [-0.39, 0.29) is 19.0 Å². The number of alkyl halides is 3. The summed E-state index contributed by atoms with van der Waals surface area (Å²) in [6, 6.07) is -0.800. The molecule has 0 saturated carbocycles. The van der Waals surface area contributed by atoms with E-state index in [0.29, 0.717) is 6.54 Å². The largest absolute Gasteiger partial charge is 0.468 e. The first-order valence-electron chi connectivity index (χ1n) is 6.33. The number of carbonyl (C=O) groups excluding carboxylic acids is 1. The van der Waals surface area contributed by atoms with Crippen LogP contribution in [0.2, 0.25) is 0 Å². The second-order valence-electron chi connectivity index (χ2n) is 4.60. The highest BCUT2D eigenvalue weighted by Gasteiger charge is 2.32. The first-order valence-corrected chi connectivity index (χ1v) is 6.33. The van der Waals surface area contributed by atoms with E-state index in [0.717, 1.165) is 0 Å². The number of methoxy groups -OCH3 is 1. The number of likely N-dealkylation sites (N-methyl/N-ethyl adjacent to an activating group) is 1. The predicted octanol–water partition coefficient (Wildman–Crippen LogP) is 1.80. The summed E-state index contributed by atoms with van der Waals surface area (Å²) in [6.07, 6.45) is -3.95. The summed E-state index contributed by atoms with van der Waals surface area (Å²) in [7, 11) is 1.27. The SMILES string of the molecule is CCNC(CCN(CC(F)(F)F)C(C)C)C(=O)OC. The van der Waals surface area contributed by atoms with Gasteiger partial charge in [0.25, 0.3) is 0 Å². The number of nitrogens with one attached hydrogen (secondary N) is 1. The molecular formula is C12H23F3N2O2. The highest BCUT2D eigenvalue weighted by molar-refractivity contribution is 5.75. The van der Waals surface area contributed by atoms with Crippen molar-refractivity contribution in [3.63, 3.8) is 0 Å². The number of rotatable bonds is 8. The van der Waals surface area contributed by atoms with Crippen LogP contribution < -0.4 is 5.32 Å². The molecule has 0 radical (unpaired) electrons. The zero-order valence-electron chi connectivity index (χ0n) is 11.9. The minimum Gasteiger partial charge on any atom is -0.468 e. The van der Waals surface area contributed by atoms with Gasteiger partial charge in [-0.15, -0.1) is 0 Å². The second-order valence-corrected chi connectivity index (χ2v) is 4.60. The Kier molecular flexibility index (Phi) is 8.01. The van der Waals surface area contributed by atoms with Crippen LogP contribution in [0.3, 0.4) is 0 Å². The van der Waals surface area contributed by atoms with Gasteiger partial charge in [0.1, 0.15) is 6.04 Å². The molecular weight excluding hydrogens is 261 g/mol. The van der Waals surface area contributed by atoms with Crippen LogP contribution in [0.25, 0.3) is 0 Å². The summed E-state index contributed by atoms with van der Waals surface area (Å²) in [4.78, 5) is 12.7. The summed E-state index contributed by atoms with van der Waals surface area (Å²) in [6.45, 7) is 5.00. The van der Waals surface area contributed by atoms with Crippen molar-refractivity contribution in [1.82, 2.24) is 10.2 Å². The first-order chi connectivity index (χ1) is 8.71. The fraction of sp³-hybridized carbons (Fsp3) is 0.917. The maximum absolute atomic E-state index is 12.4. The number of ether oxygens (including phenoxy) is 1. The van der Waals surface area contributed by atoms with E-state index in [4.69, 9.17) is 0 Å². The molecule has 0 saturated heterocycles. The normalized spacial score (nSPS) is 13.9. The van der Waals surface area contributed by atoms with E-state index in [1.54, 1.807) is 13.8 Å². The van der Waals surface area contributed by atoms with Gasteiger partial charge in [0.2, 0.25) is 0 Å². The topological polar surface area (TPSA) is 41.6 Å². The molecule has 0 heterocycles. The molecule has 0 aromatic heterocycles. The van der Waals surface area contributed by atoms with E-state index in [1.165, 1.54) is 12.0 Å². The van der Waals surface area contributed by atoms with Crippen LogP contribution in [-0.2, 0) is 9.53 Å². The van der Waals surface area contributed by atoms with Gasteiger partial charge in [-0.2, -0.15) is 13.2 Å². The molecule has 0 rings (SSSR count). The summed E-state index contributed by atoms with van der Waals surface area (Å²) < 4.78 is 41.9. The van der Waals surface area contributed by atoms with Gasteiger partial charge >= 0.3 is 12.1 Å². The zero-order valence-corrected chi connectivity index (χ0v) is 11.9. The molecule has 0 aliphatic carbocycles. The molecule has 114 valence electrons. The molecule has 19 heavy (non-hydrogen) atoms. The Morgan fingerprint density at radius 3 is 2.32 bits per heavy atom. The Morgan fingerprint density at radius 1 is 1.37 bits per heavy atom. The maximum atomic E-state index is 12.4. The fourth-order valence-corrected chi connectivity index (χ4v) is 1.74. The third-order valence-corrected chi connectivity index (χ3v) is 2.75. The summed E-state index contributed by atoms with van der Waals surface area (Å²) in [5.41, 5.74) is 0. The van der Waals surface area contributed by atoms with Crippen molar-refractivity contribution in [1.29, 1.82) is 0 Å². The maximum Gasteiger partial charge on any atom is 0.401 e. The van der Waals surface area contributed by atoms with Gasteiger partial charge in [-0.3, -0.25) is 9.69 Å². The number of hydrogen-bond acceptors (Lipinski definition) is 4. The fourth-order valence-electron chi connectivity index (χ4n) is 1.74. The molecule has 1 unspecified atom stereocenters. The van der Waals surface area contributed by atoms with Crippen LogP contribution in [0.4, 0.5) is 13.2 Å². The number of esters is 1. The number of hydrogen-bond donors (Lipinski definition) is 1. The quantitative estimate of drug-likeness (QED) is 0.690. The Bertz CT molecular complexity index is 270. The van der Waals surface area contributed by atoms with E-state index in [9.17, 15) is 18.0 Å². The Morgan fingerprint density at radius 2 is 1.95 bits per heavy atom. The van der Waals surface area contributed by atoms with Crippen molar-refractivity contribution in [3.05, 3.63) is 0 Å². The highest BCUT2D eigenvalue weighted by Crippen LogP contribution is 2.18.